The van der Waals surface area contributed by atoms with E-state index in [2.05, 4.69) is 84.6 Å². The average Bonchev–Trinajstić information content (AvgIpc) is 2.80. The Kier molecular flexibility index (Phi) is 6.27. The molecule has 1 saturated heterocycles. The molecule has 0 bridgehead atoms. The van der Waals surface area contributed by atoms with Crippen molar-refractivity contribution in [3.8, 4) is 5.75 Å². The van der Waals surface area contributed by atoms with Gasteiger partial charge in [0.25, 0.3) is 0 Å². The summed E-state index contributed by atoms with van der Waals surface area (Å²) in [4.78, 5) is 2.25. The summed E-state index contributed by atoms with van der Waals surface area (Å²) in [6.45, 7) is 5.22. The Morgan fingerprint density at radius 3 is 2.47 bits per heavy atom. The van der Waals surface area contributed by atoms with Crippen molar-refractivity contribution in [1.82, 2.24) is 4.90 Å². The van der Waals surface area contributed by atoms with E-state index in [1.165, 1.54) is 34.2 Å². The van der Waals surface area contributed by atoms with Gasteiger partial charge in [0.1, 0.15) is 12.4 Å². The molecule has 1 aliphatic carbocycles. The van der Waals surface area contributed by atoms with Crippen molar-refractivity contribution in [1.29, 1.82) is 0 Å². The molecule has 3 aromatic rings. The van der Waals surface area contributed by atoms with Crippen LogP contribution in [-0.4, -0.2) is 37.8 Å². The summed E-state index contributed by atoms with van der Waals surface area (Å²) in [6, 6.07) is 26.6. The highest BCUT2D eigenvalue weighted by molar-refractivity contribution is 5.47. The maximum Gasteiger partial charge on any atom is 0.119 e. The van der Waals surface area contributed by atoms with Gasteiger partial charge in [-0.15, -0.1) is 0 Å². The van der Waals surface area contributed by atoms with Crippen LogP contribution in [-0.2, 0) is 6.42 Å². The van der Waals surface area contributed by atoms with Gasteiger partial charge < -0.3 is 4.74 Å². The summed E-state index contributed by atoms with van der Waals surface area (Å²) in [5, 5.41) is 0. The highest BCUT2D eigenvalue weighted by Crippen LogP contribution is 2.46. The van der Waals surface area contributed by atoms with Crippen LogP contribution < -0.4 is 4.74 Å². The topological polar surface area (TPSA) is 12.5 Å². The molecule has 0 spiro atoms. The number of nitrogens with zero attached hydrogens (tertiary/aromatic N) is 1. The quantitative estimate of drug-likeness (QED) is 0.447. The number of benzene rings is 3. The van der Waals surface area contributed by atoms with Gasteiger partial charge in [0, 0.05) is 31.5 Å². The Labute approximate surface area is 191 Å². The molecule has 2 atom stereocenters. The van der Waals surface area contributed by atoms with E-state index in [-0.39, 0.29) is 12.6 Å². The van der Waals surface area contributed by atoms with Crippen LogP contribution in [0.3, 0.4) is 0 Å². The number of ether oxygens (including phenoxy) is 1. The van der Waals surface area contributed by atoms with E-state index in [0.29, 0.717) is 18.4 Å². The second-order valence-corrected chi connectivity index (χ2v) is 9.43. The van der Waals surface area contributed by atoms with Gasteiger partial charge in [0.05, 0.1) is 6.67 Å². The minimum atomic E-state index is -0.202. The van der Waals surface area contributed by atoms with Gasteiger partial charge in [-0.05, 0) is 60.1 Å². The molecule has 0 aromatic heterocycles. The van der Waals surface area contributed by atoms with E-state index in [9.17, 15) is 4.39 Å². The maximum atomic E-state index is 12.6. The number of fused-ring (bicyclic) bond motifs is 1. The molecule has 2 nitrogen and oxygen atoms in total. The minimum Gasteiger partial charge on any atom is -0.492 e. The molecule has 2 aliphatic rings. The lowest BCUT2D eigenvalue weighted by atomic mass is 9.69. The number of aryl methyl sites for hydroxylation is 2. The van der Waals surface area contributed by atoms with E-state index >= 15 is 0 Å². The molecule has 166 valence electrons. The SMILES string of the molecule is Cc1ccc2c(c1)CC[C@H](c1ccccc1)[C@@H]2c1ccc(OCCN2CC(CF)C2)cc1. The Balaban J connectivity index is 1.33. The van der Waals surface area contributed by atoms with Gasteiger partial charge in [-0.1, -0.05) is 66.2 Å². The zero-order valence-electron chi connectivity index (χ0n) is 18.8. The van der Waals surface area contributed by atoms with Gasteiger partial charge in [-0.2, -0.15) is 0 Å². The molecule has 0 amide bonds. The maximum absolute atomic E-state index is 12.6. The van der Waals surface area contributed by atoms with Gasteiger partial charge >= 0.3 is 0 Å². The first-order valence-electron chi connectivity index (χ1n) is 11.9. The zero-order chi connectivity index (χ0) is 21.9. The largest absolute Gasteiger partial charge is 0.492 e. The van der Waals surface area contributed by atoms with Gasteiger partial charge in [0.15, 0.2) is 0 Å². The van der Waals surface area contributed by atoms with Crippen molar-refractivity contribution < 1.29 is 9.13 Å². The predicted octanol–water partition coefficient (Wildman–Crippen LogP) is 6.14. The monoisotopic (exact) mass is 429 g/mol. The summed E-state index contributed by atoms with van der Waals surface area (Å²) in [7, 11) is 0. The van der Waals surface area contributed by atoms with Gasteiger partial charge in [-0.3, -0.25) is 9.29 Å². The van der Waals surface area contributed by atoms with Crippen LogP contribution in [0.4, 0.5) is 4.39 Å². The minimum absolute atomic E-state index is 0.202. The van der Waals surface area contributed by atoms with E-state index in [1.54, 1.807) is 0 Å². The fourth-order valence-electron chi connectivity index (χ4n) is 5.44. The second-order valence-electron chi connectivity index (χ2n) is 9.43. The third-order valence-electron chi connectivity index (χ3n) is 7.15. The number of hydrogen-bond donors (Lipinski definition) is 0. The third kappa shape index (κ3) is 4.45. The molecular formula is C29H32FNO. The fourth-order valence-corrected chi connectivity index (χ4v) is 5.44. The Hall–Kier alpha value is -2.65. The van der Waals surface area contributed by atoms with Crippen LogP contribution in [0, 0.1) is 12.8 Å². The molecule has 3 heteroatoms. The van der Waals surface area contributed by atoms with Crippen LogP contribution in [0.1, 0.15) is 46.1 Å². The standard InChI is InChI=1S/C29H32FNO/c1-21-7-13-28-25(17-21)10-14-27(23-5-3-2-4-6-23)29(28)24-8-11-26(12-9-24)32-16-15-31-19-22(18-30)20-31/h2-9,11-13,17,22,27,29H,10,14-16,18-20H2,1H3/t27-,29+/m1/s1. The number of hydrogen-bond acceptors (Lipinski definition) is 2. The molecule has 3 aromatic carbocycles. The third-order valence-corrected chi connectivity index (χ3v) is 7.15. The number of rotatable bonds is 7. The molecule has 0 N–H and O–H groups in total. The lowest BCUT2D eigenvalue weighted by Gasteiger charge is -2.37. The Bertz CT molecular complexity index is 1030. The van der Waals surface area contributed by atoms with Gasteiger partial charge in [-0.25, -0.2) is 0 Å². The summed E-state index contributed by atoms with van der Waals surface area (Å²) < 4.78 is 18.6. The van der Waals surface area contributed by atoms with E-state index in [1.807, 2.05) is 0 Å². The van der Waals surface area contributed by atoms with Crippen molar-refractivity contribution in [3.63, 3.8) is 0 Å². The number of halogens is 1. The van der Waals surface area contributed by atoms with E-state index < -0.39 is 0 Å². The normalized spacial score (nSPS) is 21.1. The lowest BCUT2D eigenvalue weighted by molar-refractivity contribution is 0.0668. The molecule has 0 radical (unpaired) electrons. The highest BCUT2D eigenvalue weighted by atomic mass is 19.1. The first-order valence-corrected chi connectivity index (χ1v) is 11.9. The van der Waals surface area contributed by atoms with Crippen LogP contribution in [0.15, 0.2) is 72.8 Å². The van der Waals surface area contributed by atoms with E-state index in [4.69, 9.17) is 4.74 Å². The first-order chi connectivity index (χ1) is 15.7. The van der Waals surface area contributed by atoms with Crippen molar-refractivity contribution in [2.75, 3.05) is 32.9 Å². The molecule has 1 fully saturated rings. The van der Waals surface area contributed by atoms with Crippen LogP contribution in [0.2, 0.25) is 0 Å². The van der Waals surface area contributed by atoms with Crippen LogP contribution in [0.5, 0.6) is 5.75 Å². The molecule has 32 heavy (non-hydrogen) atoms. The Morgan fingerprint density at radius 2 is 1.72 bits per heavy atom. The smallest absolute Gasteiger partial charge is 0.119 e. The molecular weight excluding hydrogens is 397 g/mol. The fraction of sp³-hybridized carbons (Fsp3) is 0.379. The summed E-state index contributed by atoms with van der Waals surface area (Å²) >= 11 is 0. The lowest BCUT2D eigenvalue weighted by Crippen LogP contribution is -2.49. The van der Waals surface area contributed by atoms with Crippen molar-refractivity contribution in [2.24, 2.45) is 5.92 Å². The molecule has 1 aliphatic heterocycles. The molecule has 0 saturated carbocycles. The van der Waals surface area contributed by atoms with Crippen molar-refractivity contribution >= 4 is 0 Å². The number of likely N-dealkylation sites (tertiary alicyclic amines) is 1. The summed E-state index contributed by atoms with van der Waals surface area (Å²) in [6.07, 6.45) is 2.30. The predicted molar refractivity (Wildman–Crippen MR) is 128 cm³/mol. The average molecular weight is 430 g/mol. The molecule has 1 heterocycles. The molecule has 5 rings (SSSR count). The Morgan fingerprint density at radius 1 is 0.938 bits per heavy atom. The van der Waals surface area contributed by atoms with Crippen LogP contribution in [0.25, 0.3) is 0 Å². The van der Waals surface area contributed by atoms with Crippen molar-refractivity contribution in [3.05, 3.63) is 101 Å². The van der Waals surface area contributed by atoms with Crippen LogP contribution >= 0.6 is 0 Å². The first kappa shape index (κ1) is 21.2. The highest BCUT2D eigenvalue weighted by Gasteiger charge is 2.32. The van der Waals surface area contributed by atoms with Crippen molar-refractivity contribution in [2.45, 2.75) is 31.6 Å². The molecule has 0 unspecified atom stereocenters. The summed E-state index contributed by atoms with van der Waals surface area (Å²) in [5.74, 6) is 1.98. The van der Waals surface area contributed by atoms with E-state index in [0.717, 1.165) is 31.8 Å². The second kappa shape index (κ2) is 9.46. The zero-order valence-corrected chi connectivity index (χ0v) is 18.8. The number of alkyl halides is 1. The van der Waals surface area contributed by atoms with Gasteiger partial charge in [0.2, 0.25) is 0 Å². The summed E-state index contributed by atoms with van der Waals surface area (Å²) in [5.41, 5.74) is 7.06.